The van der Waals surface area contributed by atoms with Crippen molar-refractivity contribution in [2.45, 2.75) is 58.5 Å². The molecule has 0 aliphatic carbocycles. The first-order valence-corrected chi connectivity index (χ1v) is 10.4. The van der Waals surface area contributed by atoms with Crippen LogP contribution in [0.3, 0.4) is 0 Å². The summed E-state index contributed by atoms with van der Waals surface area (Å²) in [6.45, 7) is 8.27. The van der Waals surface area contributed by atoms with Crippen LogP contribution in [0.1, 0.15) is 49.6 Å². The molecule has 0 unspecified atom stereocenters. The molecular formula is C23H27Cl2FN6. The topological polar surface area (TPSA) is 68.0 Å². The molecule has 3 atom stereocenters. The van der Waals surface area contributed by atoms with Gasteiger partial charge in [0.15, 0.2) is 5.65 Å². The van der Waals surface area contributed by atoms with Crippen LogP contribution >= 0.6 is 24.8 Å². The molecule has 1 saturated heterocycles. The number of aryl methyl sites for hydroxylation is 2. The number of nitrogens with zero attached hydrogens (tertiary/aromatic N) is 5. The normalized spacial score (nSPS) is 20.7. The Labute approximate surface area is 198 Å². The van der Waals surface area contributed by atoms with Crippen LogP contribution in [0.2, 0.25) is 0 Å². The van der Waals surface area contributed by atoms with Crippen LogP contribution in [0.25, 0.3) is 27.8 Å². The number of benzene rings is 1. The zero-order valence-corrected chi connectivity index (χ0v) is 20.1. The van der Waals surface area contributed by atoms with Crippen LogP contribution in [-0.2, 0) is 0 Å². The maximum atomic E-state index is 15.1. The molecule has 0 amide bonds. The van der Waals surface area contributed by atoms with E-state index in [2.05, 4.69) is 39.4 Å². The Bertz CT molecular complexity index is 1260. The first-order valence-electron chi connectivity index (χ1n) is 10.4. The van der Waals surface area contributed by atoms with Gasteiger partial charge < -0.3 is 5.32 Å². The molecule has 0 saturated carbocycles. The second kappa shape index (κ2) is 9.25. The van der Waals surface area contributed by atoms with E-state index in [1.807, 2.05) is 38.2 Å². The number of hydrogen-bond donors (Lipinski definition) is 1. The Morgan fingerprint density at radius 3 is 2.44 bits per heavy atom. The van der Waals surface area contributed by atoms with Gasteiger partial charge in [-0.05, 0) is 70.4 Å². The molecule has 170 valence electrons. The summed E-state index contributed by atoms with van der Waals surface area (Å²) >= 11 is 0. The van der Waals surface area contributed by atoms with E-state index < -0.39 is 0 Å². The fourth-order valence-corrected chi connectivity index (χ4v) is 4.66. The van der Waals surface area contributed by atoms with E-state index in [0.29, 0.717) is 40.2 Å². The van der Waals surface area contributed by atoms with Crippen LogP contribution in [0, 0.1) is 19.7 Å². The number of aromatic nitrogens is 5. The van der Waals surface area contributed by atoms with Gasteiger partial charge in [0.25, 0.3) is 0 Å². The van der Waals surface area contributed by atoms with Gasteiger partial charge in [0, 0.05) is 29.0 Å². The standard InChI is InChI=1S/C23H25FN6.2ClH/c1-12-5-21(29-30-11-15(4)26-23(12)30)17-8-19(24)18-10-20(27-28-22(18)9-17)16-6-13(2)25-14(3)7-16;;/h5,8-11,13-14,16,25H,6-7H2,1-4H3;2*1H/t13-,14+,16+;;. The van der Waals surface area contributed by atoms with Gasteiger partial charge in [-0.15, -0.1) is 24.8 Å². The third-order valence-corrected chi connectivity index (χ3v) is 5.96. The number of piperidine rings is 1. The monoisotopic (exact) mass is 476 g/mol. The van der Waals surface area contributed by atoms with E-state index in [4.69, 9.17) is 0 Å². The molecule has 32 heavy (non-hydrogen) atoms. The van der Waals surface area contributed by atoms with Gasteiger partial charge in [-0.25, -0.2) is 13.9 Å². The number of rotatable bonds is 2. The quantitative estimate of drug-likeness (QED) is 0.431. The van der Waals surface area contributed by atoms with E-state index in [1.54, 1.807) is 10.6 Å². The summed E-state index contributed by atoms with van der Waals surface area (Å²) in [5, 5.41) is 17.5. The molecule has 0 bridgehead atoms. The summed E-state index contributed by atoms with van der Waals surface area (Å²) in [5.41, 5.74) is 5.49. The van der Waals surface area contributed by atoms with Crippen molar-refractivity contribution in [3.05, 3.63) is 53.2 Å². The average molecular weight is 477 g/mol. The van der Waals surface area contributed by atoms with Crippen LogP contribution in [0.5, 0.6) is 0 Å². The second-order valence-corrected chi connectivity index (χ2v) is 8.66. The predicted molar refractivity (Wildman–Crippen MR) is 129 cm³/mol. The molecule has 6 nitrogen and oxygen atoms in total. The van der Waals surface area contributed by atoms with E-state index >= 15 is 4.39 Å². The summed E-state index contributed by atoms with van der Waals surface area (Å²) in [7, 11) is 0. The molecule has 0 radical (unpaired) electrons. The minimum atomic E-state index is -0.296. The number of imidazole rings is 1. The summed E-state index contributed by atoms with van der Waals surface area (Å²) in [6.07, 6.45) is 3.84. The highest BCUT2D eigenvalue weighted by Gasteiger charge is 2.26. The van der Waals surface area contributed by atoms with Gasteiger partial charge in [0.2, 0.25) is 0 Å². The Balaban J connectivity index is 0.00000144. The van der Waals surface area contributed by atoms with Gasteiger partial charge in [-0.2, -0.15) is 15.3 Å². The third-order valence-electron chi connectivity index (χ3n) is 5.96. The Kier molecular flexibility index (Phi) is 7.03. The van der Waals surface area contributed by atoms with Crippen molar-refractivity contribution in [2.75, 3.05) is 0 Å². The fraction of sp³-hybridized carbons (Fsp3) is 0.391. The Morgan fingerprint density at radius 2 is 1.72 bits per heavy atom. The van der Waals surface area contributed by atoms with Crippen LogP contribution < -0.4 is 5.32 Å². The lowest BCUT2D eigenvalue weighted by Crippen LogP contribution is -2.41. The fourth-order valence-electron chi connectivity index (χ4n) is 4.66. The molecule has 1 aliphatic rings. The molecule has 4 aromatic rings. The number of hydrogen-bond acceptors (Lipinski definition) is 5. The van der Waals surface area contributed by atoms with Gasteiger partial charge in [-0.1, -0.05) is 0 Å². The molecule has 5 rings (SSSR count). The van der Waals surface area contributed by atoms with Crippen LogP contribution in [0.15, 0.2) is 30.5 Å². The van der Waals surface area contributed by atoms with Crippen molar-refractivity contribution >= 4 is 41.4 Å². The molecule has 1 N–H and O–H groups in total. The molecule has 0 spiro atoms. The summed E-state index contributed by atoms with van der Waals surface area (Å²) in [4.78, 5) is 4.48. The highest BCUT2D eigenvalue weighted by molar-refractivity contribution is 5.86. The van der Waals surface area contributed by atoms with Gasteiger partial charge in [-0.3, -0.25) is 0 Å². The van der Waals surface area contributed by atoms with Gasteiger partial charge in [0.1, 0.15) is 5.82 Å². The summed E-state index contributed by atoms with van der Waals surface area (Å²) in [6, 6.07) is 8.04. The van der Waals surface area contributed by atoms with E-state index in [0.717, 1.165) is 35.4 Å². The lowest BCUT2D eigenvalue weighted by molar-refractivity contribution is 0.312. The van der Waals surface area contributed by atoms with Crippen molar-refractivity contribution in [2.24, 2.45) is 0 Å². The minimum absolute atomic E-state index is 0. The summed E-state index contributed by atoms with van der Waals surface area (Å²) in [5.74, 6) is -0.00141. The first-order chi connectivity index (χ1) is 14.4. The van der Waals surface area contributed by atoms with Crippen molar-refractivity contribution < 1.29 is 4.39 Å². The lowest BCUT2D eigenvalue weighted by Gasteiger charge is -2.32. The smallest absolute Gasteiger partial charge is 0.156 e. The third kappa shape index (κ3) is 4.42. The van der Waals surface area contributed by atoms with E-state index in [-0.39, 0.29) is 30.6 Å². The largest absolute Gasteiger partial charge is 0.312 e. The maximum Gasteiger partial charge on any atom is 0.156 e. The van der Waals surface area contributed by atoms with Gasteiger partial charge in [0.05, 0.1) is 28.8 Å². The molecule has 3 aromatic heterocycles. The van der Waals surface area contributed by atoms with Crippen molar-refractivity contribution in [1.29, 1.82) is 0 Å². The van der Waals surface area contributed by atoms with Crippen molar-refractivity contribution in [3.63, 3.8) is 0 Å². The zero-order chi connectivity index (χ0) is 21.0. The number of fused-ring (bicyclic) bond motifs is 2. The highest BCUT2D eigenvalue weighted by atomic mass is 35.5. The minimum Gasteiger partial charge on any atom is -0.312 e. The lowest BCUT2D eigenvalue weighted by atomic mass is 9.86. The summed E-state index contributed by atoms with van der Waals surface area (Å²) < 4.78 is 16.9. The number of halogens is 3. The van der Waals surface area contributed by atoms with Crippen LogP contribution in [-0.4, -0.2) is 36.9 Å². The second-order valence-electron chi connectivity index (χ2n) is 8.66. The number of nitrogens with one attached hydrogen (secondary N) is 1. The molecule has 1 fully saturated rings. The van der Waals surface area contributed by atoms with Gasteiger partial charge >= 0.3 is 0 Å². The molecular weight excluding hydrogens is 450 g/mol. The van der Waals surface area contributed by atoms with E-state index in [9.17, 15) is 0 Å². The van der Waals surface area contributed by atoms with E-state index in [1.165, 1.54) is 0 Å². The molecule has 1 aliphatic heterocycles. The highest BCUT2D eigenvalue weighted by Crippen LogP contribution is 2.32. The first kappa shape index (κ1) is 24.3. The Hall–Kier alpha value is -2.35. The zero-order valence-electron chi connectivity index (χ0n) is 18.5. The molecule has 9 heteroatoms. The maximum absolute atomic E-state index is 15.1. The van der Waals surface area contributed by atoms with Crippen molar-refractivity contribution in [1.82, 2.24) is 30.1 Å². The van der Waals surface area contributed by atoms with Crippen molar-refractivity contribution in [3.8, 4) is 11.3 Å². The van der Waals surface area contributed by atoms with Crippen LogP contribution in [0.4, 0.5) is 4.39 Å². The average Bonchev–Trinajstić information content (AvgIpc) is 3.08. The SMILES string of the molecule is Cc1cn2nc(-c3cc(F)c4cc([C@H]5C[C@@H](C)N[C@@H](C)C5)nnc4c3)cc(C)c2n1.Cl.Cl. The molecule has 1 aromatic carbocycles. The Morgan fingerprint density at radius 1 is 1.00 bits per heavy atom. The molecule has 4 heterocycles. The predicted octanol–water partition coefficient (Wildman–Crippen LogP) is 5.18.